The van der Waals surface area contributed by atoms with E-state index in [1.165, 1.54) is 25.5 Å². The van der Waals surface area contributed by atoms with E-state index in [0.717, 1.165) is 73.4 Å². The number of nitrogens with zero attached hydrogens (tertiary/aromatic N) is 1. The number of ketones is 1. The summed E-state index contributed by atoms with van der Waals surface area (Å²) >= 11 is 1.69. The molecule has 265 valence electrons. The summed E-state index contributed by atoms with van der Waals surface area (Å²) in [7, 11) is 0. The van der Waals surface area contributed by atoms with Crippen LogP contribution in [-0.2, 0) is 31.3 Å². The van der Waals surface area contributed by atoms with E-state index < -0.39 is 11.6 Å². The second kappa shape index (κ2) is 16.8. The number of allylic oxidation sites excluding steroid dienone is 2. The van der Waals surface area contributed by atoms with Crippen molar-refractivity contribution in [3.8, 4) is 11.3 Å². The second-order valence-corrected chi connectivity index (χ2v) is 14.5. The average Bonchev–Trinajstić information content (AvgIpc) is 3.40. The molecule has 0 fully saturated rings. The number of benzene rings is 3. The summed E-state index contributed by atoms with van der Waals surface area (Å²) in [5.41, 5.74) is 3.05. The van der Waals surface area contributed by atoms with Gasteiger partial charge in [0.2, 0.25) is 0 Å². The van der Waals surface area contributed by atoms with E-state index in [9.17, 15) is 23.1 Å². The molecule has 5 rings (SSSR count). The molecule has 0 saturated carbocycles. The van der Waals surface area contributed by atoms with Crippen molar-refractivity contribution in [1.82, 2.24) is 4.98 Å². The number of hydrogen-bond acceptors (Lipinski definition) is 4. The van der Waals surface area contributed by atoms with Gasteiger partial charge in [-0.1, -0.05) is 85.7 Å². The van der Waals surface area contributed by atoms with Crippen molar-refractivity contribution in [3.63, 3.8) is 0 Å². The van der Waals surface area contributed by atoms with Crippen molar-refractivity contribution in [2.75, 3.05) is 0 Å². The Balaban J connectivity index is 0.000000347. The van der Waals surface area contributed by atoms with Crippen LogP contribution in [0.5, 0.6) is 0 Å². The normalized spacial score (nSPS) is 12.5. The van der Waals surface area contributed by atoms with Crippen LogP contribution in [0.2, 0.25) is 0 Å². The summed E-state index contributed by atoms with van der Waals surface area (Å²) in [5.74, 6) is 0.547. The van der Waals surface area contributed by atoms with Gasteiger partial charge in [0.05, 0.1) is 11.2 Å². The number of aryl methyl sites for hydroxylation is 2. The summed E-state index contributed by atoms with van der Waals surface area (Å²) in [6.07, 6.45) is 2.45. The van der Waals surface area contributed by atoms with E-state index in [1.54, 1.807) is 11.3 Å². The third kappa shape index (κ3) is 9.19. The van der Waals surface area contributed by atoms with E-state index >= 15 is 0 Å². The summed E-state index contributed by atoms with van der Waals surface area (Å²) < 4.78 is 42.4. The Kier molecular flexibility index (Phi) is 13.8. The Labute approximate surface area is 306 Å². The first kappa shape index (κ1) is 40.4. The van der Waals surface area contributed by atoms with Crippen LogP contribution in [0.3, 0.4) is 0 Å². The molecule has 0 bridgehead atoms. The van der Waals surface area contributed by atoms with Gasteiger partial charge in [-0.2, -0.15) is 13.2 Å². The molecule has 0 amide bonds. The molecule has 8 heteroatoms. The van der Waals surface area contributed by atoms with Crippen molar-refractivity contribution in [2.45, 2.75) is 93.7 Å². The Hall–Kier alpha value is -3.06. The van der Waals surface area contributed by atoms with Gasteiger partial charge < -0.3 is 10.1 Å². The molecule has 2 aromatic heterocycles. The molecule has 3 nitrogen and oxygen atoms in total. The molecule has 0 aliphatic rings. The maximum absolute atomic E-state index is 13.4. The molecule has 0 unspecified atom stereocenters. The number of aliphatic hydroxyl groups excluding tert-OH is 1. The fraction of sp³-hybridized carbons (Fsp3) is 0.415. The fourth-order valence-electron chi connectivity index (χ4n) is 6.25. The summed E-state index contributed by atoms with van der Waals surface area (Å²) in [6, 6.07) is 19.4. The maximum Gasteiger partial charge on any atom is 0.394 e. The van der Waals surface area contributed by atoms with Crippen LogP contribution >= 0.6 is 11.3 Å². The third-order valence-corrected chi connectivity index (χ3v) is 10.6. The van der Waals surface area contributed by atoms with Crippen LogP contribution in [0.15, 0.2) is 66.6 Å². The number of hydrogen-bond donors (Lipinski definition) is 1. The van der Waals surface area contributed by atoms with Crippen molar-refractivity contribution < 1.29 is 43.2 Å². The molecule has 1 radical (unpaired) electrons. The molecule has 5 aromatic rings. The van der Waals surface area contributed by atoms with Gasteiger partial charge in [-0.05, 0) is 59.9 Å². The molecule has 0 spiro atoms. The van der Waals surface area contributed by atoms with Gasteiger partial charge in [0.25, 0.3) is 0 Å². The number of aromatic nitrogens is 1. The van der Waals surface area contributed by atoms with Crippen LogP contribution in [0.25, 0.3) is 42.2 Å². The molecule has 0 atom stereocenters. The van der Waals surface area contributed by atoms with E-state index in [1.807, 2.05) is 71.1 Å². The molecule has 49 heavy (non-hydrogen) atoms. The molecule has 1 N–H and O–H groups in total. The number of rotatable bonds is 10. The van der Waals surface area contributed by atoms with Crippen molar-refractivity contribution in [1.29, 1.82) is 0 Å². The first-order valence-electron chi connectivity index (χ1n) is 16.9. The third-order valence-electron chi connectivity index (χ3n) is 9.33. The number of alkyl halides is 3. The van der Waals surface area contributed by atoms with Gasteiger partial charge in [0, 0.05) is 64.7 Å². The predicted octanol–water partition coefficient (Wildman–Crippen LogP) is 12.7. The minimum atomic E-state index is -4.24. The first-order chi connectivity index (χ1) is 22.6. The average molecular weight is 867 g/mol. The number of thiophene rings is 1. The van der Waals surface area contributed by atoms with E-state index in [-0.39, 0.29) is 49.9 Å². The quantitative estimate of drug-likeness (QED) is 0.0864. The van der Waals surface area contributed by atoms with Gasteiger partial charge >= 0.3 is 6.18 Å². The van der Waals surface area contributed by atoms with E-state index in [0.29, 0.717) is 5.56 Å². The summed E-state index contributed by atoms with van der Waals surface area (Å²) in [5, 5.41) is 14.0. The SMILES string of the molecule is CCC(CC)C(=O)/C=C(\O)C(CC)CC.Cc1[c-]c(-c2nccc3c2sc2c4ccc(CC(C)(C)C(F)(F)F)cc4ccc32)cc(C)c1.[Ir]. The summed E-state index contributed by atoms with van der Waals surface area (Å²) in [6.45, 7) is 14.7. The number of carbonyl (C=O) groups excluding carboxylic acids is 1. The van der Waals surface area contributed by atoms with Crippen LogP contribution in [0.1, 0.15) is 83.9 Å². The van der Waals surface area contributed by atoms with Crippen molar-refractivity contribution >= 4 is 48.1 Å². The number of halogens is 3. The molecule has 0 aliphatic heterocycles. The zero-order valence-electron chi connectivity index (χ0n) is 29.6. The van der Waals surface area contributed by atoms with E-state index in [2.05, 4.69) is 36.2 Å². The van der Waals surface area contributed by atoms with Gasteiger partial charge in [-0.25, -0.2) is 0 Å². The minimum absolute atomic E-state index is 0. The van der Waals surface area contributed by atoms with Crippen LogP contribution in [0.4, 0.5) is 13.2 Å². The van der Waals surface area contributed by atoms with Crippen molar-refractivity contribution in [3.05, 3.63) is 89.3 Å². The summed E-state index contributed by atoms with van der Waals surface area (Å²) in [4.78, 5) is 16.4. The second-order valence-electron chi connectivity index (χ2n) is 13.4. The Morgan fingerprint density at radius 1 is 0.878 bits per heavy atom. The molecule has 2 heterocycles. The van der Waals surface area contributed by atoms with Gasteiger partial charge in [0.1, 0.15) is 0 Å². The molecule has 3 aromatic carbocycles. The molecular formula is C41H47F3IrNO2S-. The number of aliphatic hydroxyl groups is 1. The largest absolute Gasteiger partial charge is 0.512 e. The zero-order valence-corrected chi connectivity index (χ0v) is 32.9. The Bertz CT molecular complexity index is 1910. The van der Waals surface area contributed by atoms with Crippen LogP contribution in [-0.4, -0.2) is 22.1 Å². The number of pyridine rings is 1. The maximum atomic E-state index is 13.4. The zero-order chi connectivity index (χ0) is 35.4. The van der Waals surface area contributed by atoms with Crippen LogP contribution in [0, 0.1) is 37.2 Å². The van der Waals surface area contributed by atoms with Gasteiger partial charge in [-0.15, -0.1) is 46.2 Å². The van der Waals surface area contributed by atoms with Crippen molar-refractivity contribution in [2.24, 2.45) is 17.3 Å². The van der Waals surface area contributed by atoms with Crippen LogP contribution < -0.4 is 0 Å². The smallest absolute Gasteiger partial charge is 0.394 e. The molecule has 0 aliphatic carbocycles. The van der Waals surface area contributed by atoms with Gasteiger partial charge in [-0.3, -0.25) is 4.79 Å². The standard InChI is InChI=1S/C28H23F3NS.C13H24O2.Ir/c1-16-11-17(2)13-20(12-16)24-26-23(9-10-32-24)22-8-6-19-14-18(5-7-21(19)25(22)33-26)15-27(3,4)28(29,30)31;1-5-10(6-2)12(14)9-13(15)11(7-3)8-4;/h5-12,14H,15H2,1-4H3;9-11,14H,5-8H2,1-4H3;/q-1;;/b;12-9-;. The molecular weight excluding hydrogens is 820 g/mol. The molecule has 0 saturated heterocycles. The number of fused-ring (bicyclic) bond motifs is 5. The Morgan fingerprint density at radius 3 is 2.08 bits per heavy atom. The predicted molar refractivity (Wildman–Crippen MR) is 196 cm³/mol. The fourth-order valence-corrected chi connectivity index (χ4v) is 7.59. The number of carbonyl (C=O) groups is 1. The monoisotopic (exact) mass is 867 g/mol. The first-order valence-corrected chi connectivity index (χ1v) is 17.7. The topological polar surface area (TPSA) is 50.2 Å². The Morgan fingerprint density at radius 2 is 1.49 bits per heavy atom. The van der Waals surface area contributed by atoms with Gasteiger partial charge in [0.15, 0.2) is 5.78 Å². The van der Waals surface area contributed by atoms with E-state index in [4.69, 9.17) is 0 Å². The minimum Gasteiger partial charge on any atom is -0.512 e.